The zero-order valence-corrected chi connectivity index (χ0v) is 17.0. The van der Waals surface area contributed by atoms with Gasteiger partial charge >= 0.3 is 6.09 Å². The molecule has 1 amide bonds. The average Bonchev–Trinajstić information content (AvgIpc) is 3.09. The van der Waals surface area contributed by atoms with Crippen molar-refractivity contribution in [2.45, 2.75) is 58.1 Å². The van der Waals surface area contributed by atoms with Crippen LogP contribution in [-0.2, 0) is 32.6 Å². The Morgan fingerprint density at radius 3 is 2.52 bits per heavy atom. The van der Waals surface area contributed by atoms with E-state index in [1.165, 1.54) is 33.3 Å². The first kappa shape index (κ1) is 19.4. The number of nitrogens with zero attached hydrogens (tertiary/aromatic N) is 2. The van der Waals surface area contributed by atoms with Gasteiger partial charge in [0.05, 0.1) is 18.8 Å². The van der Waals surface area contributed by atoms with E-state index in [4.69, 9.17) is 4.74 Å². The van der Waals surface area contributed by atoms with Crippen LogP contribution in [0, 0.1) is 0 Å². The Hall–Kier alpha value is -2.35. The molecular formula is C19H24N2O5S. The summed E-state index contributed by atoms with van der Waals surface area (Å²) in [5.41, 5.74) is 1.14. The van der Waals surface area contributed by atoms with Crippen LogP contribution >= 0.6 is 0 Å². The molecule has 0 aromatic carbocycles. The Morgan fingerprint density at radius 1 is 1.26 bits per heavy atom. The van der Waals surface area contributed by atoms with E-state index >= 15 is 0 Å². The number of carbonyl (C=O) groups excluding carboxylic acids is 2. The van der Waals surface area contributed by atoms with E-state index < -0.39 is 26.5 Å². The lowest BCUT2D eigenvalue weighted by Gasteiger charge is -2.30. The number of allylic oxidation sites excluding steroid dienone is 2. The predicted molar refractivity (Wildman–Crippen MR) is 101 cm³/mol. The second-order valence-electron chi connectivity index (χ2n) is 8.10. The number of aromatic nitrogens is 1. The quantitative estimate of drug-likeness (QED) is 0.772. The zero-order valence-electron chi connectivity index (χ0n) is 16.1. The van der Waals surface area contributed by atoms with Gasteiger partial charge in [0.2, 0.25) is 0 Å². The van der Waals surface area contributed by atoms with E-state index in [9.17, 15) is 18.0 Å². The van der Waals surface area contributed by atoms with Gasteiger partial charge in [-0.1, -0.05) is 6.08 Å². The van der Waals surface area contributed by atoms with Crippen LogP contribution in [-0.4, -0.2) is 39.5 Å². The molecule has 0 bridgehead atoms. The van der Waals surface area contributed by atoms with Gasteiger partial charge in [0.15, 0.2) is 5.78 Å². The summed E-state index contributed by atoms with van der Waals surface area (Å²) >= 11 is 0. The zero-order chi connectivity index (χ0) is 20.2. The molecule has 1 aromatic heterocycles. The summed E-state index contributed by atoms with van der Waals surface area (Å²) in [5, 5.41) is 0. The van der Waals surface area contributed by atoms with Gasteiger partial charge in [0, 0.05) is 6.20 Å². The molecule has 0 radical (unpaired) electrons. The number of ketones is 1. The Balaban J connectivity index is 1.93. The van der Waals surface area contributed by atoms with Crippen molar-refractivity contribution in [1.29, 1.82) is 0 Å². The second-order valence-corrected chi connectivity index (χ2v) is 10.3. The van der Waals surface area contributed by atoms with Crippen molar-refractivity contribution in [1.82, 2.24) is 8.87 Å². The molecule has 2 heterocycles. The molecule has 7 nitrogen and oxygen atoms in total. The lowest BCUT2D eigenvalue weighted by Crippen LogP contribution is -2.41. The van der Waals surface area contributed by atoms with Crippen LogP contribution in [0.1, 0.15) is 45.9 Å². The van der Waals surface area contributed by atoms with Gasteiger partial charge < -0.3 is 4.74 Å². The van der Waals surface area contributed by atoms with E-state index in [1.807, 2.05) is 0 Å². The SMILES string of the molecule is CC1=CC(=O)C=C[C@@]1(C)S(=O)(=O)n1ccc2c1CN(C(=O)OC(C)(C)C)C2. The summed E-state index contributed by atoms with van der Waals surface area (Å²) < 4.78 is 32.0. The van der Waals surface area contributed by atoms with Crippen molar-refractivity contribution >= 4 is 21.9 Å². The number of fused-ring (bicyclic) bond motifs is 1. The van der Waals surface area contributed by atoms with Crippen molar-refractivity contribution in [2.75, 3.05) is 0 Å². The van der Waals surface area contributed by atoms with Crippen LogP contribution < -0.4 is 0 Å². The van der Waals surface area contributed by atoms with Gasteiger partial charge in [-0.3, -0.25) is 9.69 Å². The molecule has 1 aliphatic carbocycles. The standard InChI is InChI=1S/C19H24N2O5S/c1-13-10-15(22)6-8-19(13,5)27(24,25)21-9-7-14-11-20(12-16(14)21)17(23)26-18(2,3)4/h6-10H,11-12H2,1-5H3/t19-/m1/s1. The van der Waals surface area contributed by atoms with Crippen LogP contribution in [0.15, 0.2) is 36.1 Å². The number of ether oxygens (including phenoxy) is 1. The molecule has 146 valence electrons. The maximum atomic E-state index is 13.4. The highest BCUT2D eigenvalue weighted by Gasteiger charge is 2.44. The molecule has 0 spiro atoms. The van der Waals surface area contributed by atoms with Gasteiger partial charge in [0.1, 0.15) is 10.3 Å². The van der Waals surface area contributed by atoms with E-state index in [2.05, 4.69) is 0 Å². The number of hydrogen-bond donors (Lipinski definition) is 0. The molecular weight excluding hydrogens is 368 g/mol. The monoisotopic (exact) mass is 392 g/mol. The number of carbonyl (C=O) groups is 2. The minimum Gasteiger partial charge on any atom is -0.444 e. The van der Waals surface area contributed by atoms with Crippen molar-refractivity contribution in [3.05, 3.63) is 47.3 Å². The summed E-state index contributed by atoms with van der Waals surface area (Å²) in [7, 11) is -3.87. The van der Waals surface area contributed by atoms with Crippen LogP contribution in [0.5, 0.6) is 0 Å². The van der Waals surface area contributed by atoms with E-state index in [-0.39, 0.29) is 12.3 Å². The van der Waals surface area contributed by atoms with Crippen LogP contribution in [0.4, 0.5) is 4.79 Å². The lowest BCUT2D eigenvalue weighted by atomic mass is 9.95. The predicted octanol–water partition coefficient (Wildman–Crippen LogP) is 2.76. The van der Waals surface area contributed by atoms with E-state index in [0.717, 1.165) is 5.56 Å². The van der Waals surface area contributed by atoms with Crippen molar-refractivity contribution in [3.8, 4) is 0 Å². The van der Waals surface area contributed by atoms with Crippen LogP contribution in [0.25, 0.3) is 0 Å². The first-order valence-corrected chi connectivity index (χ1v) is 10.1. The van der Waals surface area contributed by atoms with Crippen molar-refractivity contribution < 1.29 is 22.7 Å². The Labute approximate surface area is 159 Å². The first-order chi connectivity index (χ1) is 12.3. The second kappa shape index (κ2) is 6.09. The van der Waals surface area contributed by atoms with Crippen LogP contribution in [0.2, 0.25) is 0 Å². The largest absolute Gasteiger partial charge is 0.444 e. The third-order valence-corrected chi connectivity index (χ3v) is 7.29. The average molecular weight is 392 g/mol. The molecule has 0 fully saturated rings. The summed E-state index contributed by atoms with van der Waals surface area (Å²) in [6.07, 6.45) is 5.07. The first-order valence-electron chi connectivity index (χ1n) is 8.69. The van der Waals surface area contributed by atoms with Gasteiger partial charge in [0.25, 0.3) is 10.0 Å². The van der Waals surface area contributed by atoms with E-state index in [0.29, 0.717) is 17.8 Å². The molecule has 0 unspecified atom stereocenters. The maximum Gasteiger partial charge on any atom is 0.410 e. The Bertz CT molecular complexity index is 978. The van der Waals surface area contributed by atoms with Gasteiger partial charge in [-0.25, -0.2) is 17.2 Å². The highest BCUT2D eigenvalue weighted by molar-refractivity contribution is 7.91. The Morgan fingerprint density at radius 2 is 1.93 bits per heavy atom. The Kier molecular flexibility index (Phi) is 4.38. The topological polar surface area (TPSA) is 85.7 Å². The molecule has 0 N–H and O–H groups in total. The molecule has 0 saturated carbocycles. The summed E-state index contributed by atoms with van der Waals surface area (Å²) in [6.45, 7) is 9.01. The fourth-order valence-corrected chi connectivity index (χ4v) is 5.00. The fraction of sp³-hybridized carbons (Fsp3) is 0.474. The highest BCUT2D eigenvalue weighted by atomic mass is 32.2. The molecule has 1 aliphatic heterocycles. The number of rotatable bonds is 2. The summed E-state index contributed by atoms with van der Waals surface area (Å²) in [4.78, 5) is 25.4. The molecule has 1 aromatic rings. The van der Waals surface area contributed by atoms with Gasteiger partial charge in [-0.2, -0.15) is 0 Å². The molecule has 8 heteroatoms. The number of amides is 1. The summed E-state index contributed by atoms with van der Waals surface area (Å²) in [6, 6.07) is 1.71. The number of hydrogen-bond acceptors (Lipinski definition) is 5. The third kappa shape index (κ3) is 3.22. The molecule has 3 rings (SSSR count). The minimum atomic E-state index is -3.87. The van der Waals surface area contributed by atoms with E-state index in [1.54, 1.807) is 40.7 Å². The lowest BCUT2D eigenvalue weighted by molar-refractivity contribution is -0.110. The van der Waals surface area contributed by atoms with Crippen LogP contribution in [0.3, 0.4) is 0 Å². The van der Waals surface area contributed by atoms with Gasteiger partial charge in [-0.15, -0.1) is 0 Å². The smallest absolute Gasteiger partial charge is 0.410 e. The molecule has 1 atom stereocenters. The summed E-state index contributed by atoms with van der Waals surface area (Å²) in [5.74, 6) is -0.228. The molecule has 0 saturated heterocycles. The normalized spacial score (nSPS) is 22.6. The third-order valence-electron chi connectivity index (χ3n) is 4.90. The maximum absolute atomic E-state index is 13.4. The molecule has 27 heavy (non-hydrogen) atoms. The van der Waals surface area contributed by atoms with Crippen molar-refractivity contribution in [2.24, 2.45) is 0 Å². The fourth-order valence-electron chi connectivity index (χ4n) is 3.19. The van der Waals surface area contributed by atoms with Gasteiger partial charge in [-0.05, 0) is 64.0 Å². The van der Waals surface area contributed by atoms with Crippen molar-refractivity contribution in [3.63, 3.8) is 0 Å². The minimum absolute atomic E-state index is 0.151. The highest BCUT2D eigenvalue weighted by Crippen LogP contribution is 2.35. The molecule has 2 aliphatic rings.